The first-order valence-corrected chi connectivity index (χ1v) is 11.0. The highest BCUT2D eigenvalue weighted by molar-refractivity contribution is 7.98. The highest BCUT2D eigenvalue weighted by atomic mass is 32.2. The van der Waals surface area contributed by atoms with Crippen molar-refractivity contribution in [2.75, 3.05) is 25.1 Å². The summed E-state index contributed by atoms with van der Waals surface area (Å²) in [5.74, 6) is -1.91. The zero-order valence-electron chi connectivity index (χ0n) is 16.7. The number of carboxylic acid groups (broad SMARTS) is 1. The minimum Gasteiger partial charge on any atom is -0.480 e. The number of carbonyl (C=O) groups is 4. The maximum atomic E-state index is 12.5. The van der Waals surface area contributed by atoms with Crippen LogP contribution in [0, 0.1) is 5.92 Å². The quantitative estimate of drug-likeness (QED) is 0.295. The van der Waals surface area contributed by atoms with Gasteiger partial charge >= 0.3 is 5.97 Å². The van der Waals surface area contributed by atoms with Crippen molar-refractivity contribution in [3.63, 3.8) is 0 Å². The lowest BCUT2D eigenvalue weighted by molar-refractivity contribution is -0.143. The third kappa shape index (κ3) is 8.05. The van der Waals surface area contributed by atoms with Crippen LogP contribution in [0.1, 0.15) is 39.5 Å². The Labute approximate surface area is 170 Å². The first kappa shape index (κ1) is 24.2. The van der Waals surface area contributed by atoms with Crippen molar-refractivity contribution in [2.45, 2.75) is 57.7 Å². The number of hydrogen-bond donors (Lipinski definition) is 5. The maximum absolute atomic E-state index is 12.5. The molecule has 1 heterocycles. The predicted molar refractivity (Wildman–Crippen MR) is 108 cm³/mol. The average Bonchev–Trinajstić information content (AvgIpc) is 3.21. The van der Waals surface area contributed by atoms with Crippen molar-refractivity contribution in [2.24, 2.45) is 5.92 Å². The highest BCUT2D eigenvalue weighted by Crippen LogP contribution is 2.08. The smallest absolute Gasteiger partial charge is 0.326 e. The third-order valence-corrected chi connectivity index (χ3v) is 5.48. The van der Waals surface area contributed by atoms with Crippen LogP contribution >= 0.6 is 11.8 Å². The van der Waals surface area contributed by atoms with E-state index in [1.807, 2.05) is 13.2 Å². The second-order valence-electron chi connectivity index (χ2n) is 6.98. The fourth-order valence-corrected chi connectivity index (χ4v) is 3.35. The van der Waals surface area contributed by atoms with Crippen LogP contribution in [0.2, 0.25) is 0 Å². The Morgan fingerprint density at radius 3 is 2.50 bits per heavy atom. The molecule has 1 saturated heterocycles. The molecular formula is C18H32N4O5S. The molecule has 1 aliphatic heterocycles. The number of carboxylic acids is 1. The van der Waals surface area contributed by atoms with Crippen LogP contribution in [0.4, 0.5) is 0 Å². The number of thioether (sulfide) groups is 1. The van der Waals surface area contributed by atoms with Crippen LogP contribution in [0.15, 0.2) is 0 Å². The normalized spacial score (nSPS) is 19.3. The van der Waals surface area contributed by atoms with E-state index >= 15 is 0 Å². The van der Waals surface area contributed by atoms with Crippen molar-refractivity contribution in [3.8, 4) is 0 Å². The van der Waals surface area contributed by atoms with Crippen LogP contribution in [-0.2, 0) is 19.2 Å². The lowest BCUT2D eigenvalue weighted by Crippen LogP contribution is -2.54. The first-order chi connectivity index (χ1) is 13.3. The van der Waals surface area contributed by atoms with Gasteiger partial charge in [-0.2, -0.15) is 11.8 Å². The predicted octanol–water partition coefficient (Wildman–Crippen LogP) is -0.292. The zero-order valence-corrected chi connectivity index (χ0v) is 17.6. The van der Waals surface area contributed by atoms with Crippen molar-refractivity contribution < 1.29 is 24.3 Å². The standard InChI is InChI=1S/C18H32N4O5S/c1-4-11(2)15(18(26)27)22-14(23)10-20-16(24)13(7-9-28-3)21-17(25)12-6-5-8-19-12/h11-13,15,19H,4-10H2,1-3H3,(H,20,24)(H,21,25)(H,22,23)(H,26,27). The van der Waals surface area contributed by atoms with Gasteiger partial charge < -0.3 is 26.4 Å². The van der Waals surface area contributed by atoms with Gasteiger partial charge in [-0.3, -0.25) is 14.4 Å². The summed E-state index contributed by atoms with van der Waals surface area (Å²) < 4.78 is 0. The SMILES string of the molecule is CCC(C)C(NC(=O)CNC(=O)C(CCSC)NC(=O)C1CCCN1)C(=O)O. The molecule has 1 aliphatic rings. The molecule has 1 rings (SSSR count). The van der Waals surface area contributed by atoms with Crippen LogP contribution in [0.5, 0.6) is 0 Å². The summed E-state index contributed by atoms with van der Waals surface area (Å²) in [6.45, 7) is 4.02. The summed E-state index contributed by atoms with van der Waals surface area (Å²) in [5, 5.41) is 20.0. The molecule has 5 N–H and O–H groups in total. The minimum absolute atomic E-state index is 0.217. The lowest BCUT2D eigenvalue weighted by Gasteiger charge is -2.22. The summed E-state index contributed by atoms with van der Waals surface area (Å²) >= 11 is 1.56. The monoisotopic (exact) mass is 416 g/mol. The molecule has 0 radical (unpaired) electrons. The van der Waals surface area contributed by atoms with Crippen molar-refractivity contribution in [1.29, 1.82) is 0 Å². The van der Waals surface area contributed by atoms with Gasteiger partial charge in [-0.1, -0.05) is 20.3 Å². The Morgan fingerprint density at radius 1 is 1.25 bits per heavy atom. The van der Waals surface area contributed by atoms with E-state index in [-0.39, 0.29) is 24.4 Å². The van der Waals surface area contributed by atoms with E-state index in [1.165, 1.54) is 0 Å². The van der Waals surface area contributed by atoms with E-state index < -0.39 is 29.9 Å². The van der Waals surface area contributed by atoms with E-state index in [2.05, 4.69) is 21.3 Å². The number of carbonyl (C=O) groups excluding carboxylic acids is 3. The number of aliphatic carboxylic acids is 1. The van der Waals surface area contributed by atoms with Gasteiger partial charge in [0, 0.05) is 0 Å². The van der Waals surface area contributed by atoms with E-state index in [0.29, 0.717) is 18.6 Å². The van der Waals surface area contributed by atoms with Crippen molar-refractivity contribution in [3.05, 3.63) is 0 Å². The van der Waals surface area contributed by atoms with Crippen LogP contribution < -0.4 is 21.3 Å². The topological polar surface area (TPSA) is 137 Å². The molecule has 0 bridgehead atoms. The summed E-state index contributed by atoms with van der Waals surface area (Å²) in [7, 11) is 0. The fourth-order valence-electron chi connectivity index (χ4n) is 2.88. The Morgan fingerprint density at radius 2 is 1.96 bits per heavy atom. The van der Waals surface area contributed by atoms with E-state index in [0.717, 1.165) is 19.4 Å². The second kappa shape index (κ2) is 12.6. The van der Waals surface area contributed by atoms with Gasteiger partial charge in [-0.15, -0.1) is 0 Å². The molecule has 10 heteroatoms. The van der Waals surface area contributed by atoms with Gasteiger partial charge in [0.2, 0.25) is 17.7 Å². The molecule has 160 valence electrons. The third-order valence-electron chi connectivity index (χ3n) is 4.84. The molecule has 0 aliphatic carbocycles. The molecule has 28 heavy (non-hydrogen) atoms. The molecule has 0 aromatic heterocycles. The highest BCUT2D eigenvalue weighted by Gasteiger charge is 2.28. The molecule has 1 fully saturated rings. The van der Waals surface area contributed by atoms with Crippen LogP contribution in [-0.4, -0.2) is 72.0 Å². The molecule has 4 unspecified atom stereocenters. The van der Waals surface area contributed by atoms with Gasteiger partial charge in [-0.25, -0.2) is 4.79 Å². The molecule has 0 spiro atoms. The van der Waals surface area contributed by atoms with Gasteiger partial charge in [0.15, 0.2) is 0 Å². The van der Waals surface area contributed by atoms with E-state index in [4.69, 9.17) is 0 Å². The van der Waals surface area contributed by atoms with Crippen molar-refractivity contribution >= 4 is 35.5 Å². The number of amides is 3. The second-order valence-corrected chi connectivity index (χ2v) is 7.96. The lowest BCUT2D eigenvalue weighted by atomic mass is 9.99. The molecular weight excluding hydrogens is 384 g/mol. The molecule has 0 saturated carbocycles. The van der Waals surface area contributed by atoms with Crippen LogP contribution in [0.3, 0.4) is 0 Å². The molecule has 4 atom stereocenters. The van der Waals surface area contributed by atoms with E-state index in [1.54, 1.807) is 18.7 Å². The summed E-state index contributed by atoms with van der Waals surface area (Å²) in [6, 6.07) is -2.03. The number of nitrogens with one attached hydrogen (secondary N) is 4. The zero-order chi connectivity index (χ0) is 21.1. The fraction of sp³-hybridized carbons (Fsp3) is 0.778. The molecule has 0 aromatic carbocycles. The average molecular weight is 417 g/mol. The minimum atomic E-state index is -1.11. The summed E-state index contributed by atoms with van der Waals surface area (Å²) in [4.78, 5) is 48.1. The Kier molecular flexibility index (Phi) is 10.9. The Bertz CT molecular complexity index is 554. The molecule has 9 nitrogen and oxygen atoms in total. The van der Waals surface area contributed by atoms with E-state index in [9.17, 15) is 24.3 Å². The molecule has 0 aromatic rings. The van der Waals surface area contributed by atoms with Gasteiger partial charge in [0.25, 0.3) is 0 Å². The Balaban J connectivity index is 2.57. The van der Waals surface area contributed by atoms with Crippen molar-refractivity contribution in [1.82, 2.24) is 21.3 Å². The Hall–Kier alpha value is -1.81. The molecule has 3 amide bonds. The van der Waals surface area contributed by atoms with Gasteiger partial charge in [-0.05, 0) is 43.7 Å². The first-order valence-electron chi connectivity index (χ1n) is 9.62. The largest absolute Gasteiger partial charge is 0.480 e. The van der Waals surface area contributed by atoms with Crippen LogP contribution in [0.25, 0.3) is 0 Å². The van der Waals surface area contributed by atoms with Gasteiger partial charge in [0.1, 0.15) is 12.1 Å². The number of rotatable bonds is 12. The summed E-state index contributed by atoms with van der Waals surface area (Å²) in [5.41, 5.74) is 0. The maximum Gasteiger partial charge on any atom is 0.326 e. The summed E-state index contributed by atoms with van der Waals surface area (Å²) in [6.07, 6.45) is 4.60. The number of hydrogen-bond acceptors (Lipinski definition) is 6. The van der Waals surface area contributed by atoms with Gasteiger partial charge in [0.05, 0.1) is 12.6 Å².